The minimum absolute atomic E-state index is 0.130. The number of para-hydroxylation sites is 1. The second kappa shape index (κ2) is 7.02. The van der Waals surface area contributed by atoms with Crippen molar-refractivity contribution in [2.45, 2.75) is 51.8 Å². The van der Waals surface area contributed by atoms with Crippen LogP contribution < -0.4 is 4.74 Å². The summed E-state index contributed by atoms with van der Waals surface area (Å²) in [5, 5.41) is 7.22. The van der Waals surface area contributed by atoms with Gasteiger partial charge in [-0.05, 0) is 29.5 Å². The lowest BCUT2D eigenvalue weighted by atomic mass is 9.86. The summed E-state index contributed by atoms with van der Waals surface area (Å²) in [7, 11) is 0. The fourth-order valence-corrected chi connectivity index (χ4v) is 4.32. The second-order valence-electron chi connectivity index (χ2n) is 9.39. The summed E-state index contributed by atoms with van der Waals surface area (Å²) in [6, 6.07) is 26.0. The highest BCUT2D eigenvalue weighted by molar-refractivity contribution is 6.02. The summed E-state index contributed by atoms with van der Waals surface area (Å²) in [6.07, 6.45) is 0.668. The largest absolute Gasteiger partial charge is 0.464 e. The number of hydrogen-bond donors (Lipinski definition) is 0. The minimum Gasteiger partial charge on any atom is -0.464 e. The zero-order valence-electron chi connectivity index (χ0n) is 18.1. The number of fused-ring (bicyclic) bond motifs is 3. The Balaban J connectivity index is 1.55. The van der Waals surface area contributed by atoms with Crippen LogP contribution in [0.1, 0.15) is 67.3 Å². The van der Waals surface area contributed by atoms with Crippen LogP contribution in [0.4, 0.5) is 0 Å². The molecule has 0 saturated carbocycles. The van der Waals surface area contributed by atoms with Crippen LogP contribution in [0.25, 0.3) is 0 Å². The predicted molar refractivity (Wildman–Crippen MR) is 122 cm³/mol. The van der Waals surface area contributed by atoms with E-state index in [0.29, 0.717) is 0 Å². The smallest absolute Gasteiger partial charge is 0.213 e. The molecule has 0 unspecified atom stereocenters. The molecule has 0 radical (unpaired) electrons. The Morgan fingerprint density at radius 2 is 1.60 bits per heavy atom. The number of benzene rings is 3. The van der Waals surface area contributed by atoms with Crippen molar-refractivity contribution in [2.24, 2.45) is 5.10 Å². The average molecular weight is 397 g/mol. The quantitative estimate of drug-likeness (QED) is 0.492. The molecule has 3 aromatic rings. The van der Waals surface area contributed by atoms with E-state index in [0.717, 1.165) is 23.4 Å². The first-order valence-electron chi connectivity index (χ1n) is 10.7. The lowest BCUT2D eigenvalue weighted by molar-refractivity contribution is -0.0190. The van der Waals surface area contributed by atoms with Crippen molar-refractivity contribution in [1.29, 1.82) is 0 Å². The summed E-state index contributed by atoms with van der Waals surface area (Å²) in [5.74, 6) is 0.962. The molecule has 2 aliphatic rings. The van der Waals surface area contributed by atoms with Crippen LogP contribution in [0.5, 0.6) is 5.75 Å². The molecule has 30 heavy (non-hydrogen) atoms. The van der Waals surface area contributed by atoms with Gasteiger partial charge < -0.3 is 4.74 Å². The molecule has 0 aromatic heterocycles. The highest BCUT2D eigenvalue weighted by Crippen LogP contribution is 2.47. The van der Waals surface area contributed by atoms with Gasteiger partial charge in [0.05, 0.1) is 11.8 Å². The Morgan fingerprint density at radius 3 is 2.30 bits per heavy atom. The normalized spacial score (nSPS) is 20.3. The zero-order chi connectivity index (χ0) is 20.9. The second-order valence-corrected chi connectivity index (χ2v) is 9.39. The van der Waals surface area contributed by atoms with Gasteiger partial charge in [-0.1, -0.05) is 93.1 Å². The molecule has 3 aromatic carbocycles. The Morgan fingerprint density at radius 1 is 0.900 bits per heavy atom. The molecule has 152 valence electrons. The van der Waals surface area contributed by atoms with Crippen molar-refractivity contribution < 1.29 is 4.74 Å². The molecule has 2 atom stereocenters. The van der Waals surface area contributed by atoms with E-state index in [4.69, 9.17) is 9.84 Å². The highest BCUT2D eigenvalue weighted by Gasteiger charge is 2.40. The SMILES string of the molecule is Cc1ccc(C2=NN3[C@@H](c4ccc(C(C)(C)C)cc4)Oc4ccccc4[C@@H]3C2)cc1. The van der Waals surface area contributed by atoms with Crippen LogP contribution in [-0.2, 0) is 5.41 Å². The van der Waals surface area contributed by atoms with E-state index >= 15 is 0 Å². The first-order chi connectivity index (χ1) is 14.4. The van der Waals surface area contributed by atoms with Crippen molar-refractivity contribution in [3.05, 3.63) is 101 Å². The van der Waals surface area contributed by atoms with Crippen LogP contribution in [0, 0.1) is 6.92 Å². The number of hydrazone groups is 1. The summed E-state index contributed by atoms with van der Waals surface area (Å²) >= 11 is 0. The molecule has 0 fully saturated rings. The van der Waals surface area contributed by atoms with Gasteiger partial charge in [0, 0.05) is 17.5 Å². The zero-order valence-corrected chi connectivity index (χ0v) is 18.1. The first-order valence-corrected chi connectivity index (χ1v) is 10.7. The van der Waals surface area contributed by atoms with E-state index in [1.54, 1.807) is 0 Å². The number of rotatable bonds is 2. The maximum Gasteiger partial charge on any atom is 0.213 e. The van der Waals surface area contributed by atoms with Gasteiger partial charge >= 0.3 is 0 Å². The Hall–Kier alpha value is -3.07. The Kier molecular flexibility index (Phi) is 4.43. The standard InChI is InChI=1S/C27H28N2O/c1-18-9-11-19(12-10-18)23-17-24-22-7-5-6-8-25(22)30-26(29(24)28-23)20-13-15-21(16-14-20)27(2,3)4/h5-16,24,26H,17H2,1-4H3/t24-,26+/m0/s1. The maximum atomic E-state index is 6.48. The predicted octanol–water partition coefficient (Wildman–Crippen LogP) is 6.53. The molecule has 2 aliphatic heterocycles. The third-order valence-electron chi connectivity index (χ3n) is 6.15. The lowest BCUT2D eigenvalue weighted by Gasteiger charge is -2.38. The third-order valence-corrected chi connectivity index (χ3v) is 6.15. The van der Waals surface area contributed by atoms with Crippen LogP contribution in [-0.4, -0.2) is 10.7 Å². The first kappa shape index (κ1) is 18.9. The van der Waals surface area contributed by atoms with E-state index in [2.05, 4.69) is 99.4 Å². The van der Waals surface area contributed by atoms with Gasteiger partial charge in [-0.2, -0.15) is 5.10 Å². The van der Waals surface area contributed by atoms with Crippen molar-refractivity contribution >= 4 is 5.71 Å². The molecule has 0 spiro atoms. The summed E-state index contributed by atoms with van der Waals surface area (Å²) < 4.78 is 6.48. The summed E-state index contributed by atoms with van der Waals surface area (Å²) in [5.41, 5.74) is 7.38. The van der Waals surface area contributed by atoms with Crippen LogP contribution in [0.15, 0.2) is 77.9 Å². The summed E-state index contributed by atoms with van der Waals surface area (Å²) in [6.45, 7) is 8.84. The van der Waals surface area contributed by atoms with Crippen LogP contribution in [0.3, 0.4) is 0 Å². The number of aryl methyl sites for hydroxylation is 1. The topological polar surface area (TPSA) is 24.8 Å². The van der Waals surface area contributed by atoms with E-state index in [-0.39, 0.29) is 17.7 Å². The monoisotopic (exact) mass is 396 g/mol. The molecule has 0 N–H and O–H groups in total. The average Bonchev–Trinajstić information content (AvgIpc) is 3.19. The molecule has 0 aliphatic carbocycles. The fourth-order valence-electron chi connectivity index (χ4n) is 4.32. The van der Waals surface area contributed by atoms with Gasteiger partial charge in [-0.15, -0.1) is 0 Å². The van der Waals surface area contributed by atoms with E-state index in [1.807, 2.05) is 6.07 Å². The Labute approximate surface area is 179 Å². The molecule has 3 nitrogen and oxygen atoms in total. The Bertz CT molecular complexity index is 1090. The van der Waals surface area contributed by atoms with Crippen molar-refractivity contribution in [2.75, 3.05) is 0 Å². The number of ether oxygens (including phenoxy) is 1. The van der Waals surface area contributed by atoms with Gasteiger partial charge in [0.2, 0.25) is 6.23 Å². The highest BCUT2D eigenvalue weighted by atomic mass is 16.5. The van der Waals surface area contributed by atoms with Crippen molar-refractivity contribution in [3.63, 3.8) is 0 Å². The van der Waals surface area contributed by atoms with Crippen LogP contribution >= 0.6 is 0 Å². The molecule has 3 heteroatoms. The van der Waals surface area contributed by atoms with Gasteiger partial charge in [-0.25, -0.2) is 5.01 Å². The third kappa shape index (κ3) is 3.28. The van der Waals surface area contributed by atoms with Gasteiger partial charge in [-0.3, -0.25) is 0 Å². The molecular formula is C27H28N2O. The molecule has 0 saturated heterocycles. The van der Waals surface area contributed by atoms with Crippen molar-refractivity contribution in [3.8, 4) is 5.75 Å². The number of nitrogens with zero attached hydrogens (tertiary/aromatic N) is 2. The van der Waals surface area contributed by atoms with Crippen LogP contribution in [0.2, 0.25) is 0 Å². The maximum absolute atomic E-state index is 6.48. The summed E-state index contributed by atoms with van der Waals surface area (Å²) in [4.78, 5) is 0. The van der Waals surface area contributed by atoms with Gasteiger partial charge in [0.15, 0.2) is 0 Å². The van der Waals surface area contributed by atoms with E-state index in [1.165, 1.54) is 22.3 Å². The minimum atomic E-state index is -0.220. The van der Waals surface area contributed by atoms with Gasteiger partial charge in [0.1, 0.15) is 5.75 Å². The lowest BCUT2D eigenvalue weighted by Crippen LogP contribution is -2.33. The van der Waals surface area contributed by atoms with Crippen molar-refractivity contribution in [1.82, 2.24) is 5.01 Å². The fraction of sp³-hybridized carbons (Fsp3) is 0.296. The molecule has 2 heterocycles. The molecule has 0 bridgehead atoms. The molecule has 0 amide bonds. The molecular weight excluding hydrogens is 368 g/mol. The van der Waals surface area contributed by atoms with E-state index < -0.39 is 0 Å². The van der Waals surface area contributed by atoms with E-state index in [9.17, 15) is 0 Å². The number of hydrogen-bond acceptors (Lipinski definition) is 3. The molecule has 5 rings (SSSR count). The van der Waals surface area contributed by atoms with Gasteiger partial charge in [0.25, 0.3) is 0 Å².